The van der Waals surface area contributed by atoms with Crippen LogP contribution in [0.5, 0.6) is 0 Å². The lowest BCUT2D eigenvalue weighted by Crippen LogP contribution is -2.00. The van der Waals surface area contributed by atoms with Crippen LogP contribution in [-0.4, -0.2) is 19.5 Å². The van der Waals surface area contributed by atoms with Crippen LogP contribution in [0, 0.1) is 0 Å². The highest BCUT2D eigenvalue weighted by atomic mass is 16.3. The van der Waals surface area contributed by atoms with Crippen LogP contribution in [0.2, 0.25) is 0 Å². The number of fused-ring (bicyclic) bond motifs is 12. The molecule has 0 aliphatic rings. The summed E-state index contributed by atoms with van der Waals surface area (Å²) in [5, 5.41) is 12.0. The Bertz CT molecular complexity index is 3470. The van der Waals surface area contributed by atoms with E-state index >= 15 is 0 Å². The summed E-state index contributed by atoms with van der Waals surface area (Å²) >= 11 is 0. The molecule has 0 radical (unpaired) electrons. The minimum atomic E-state index is 0.561. The number of para-hydroxylation sites is 3. The molecule has 0 aliphatic heterocycles. The number of benzene rings is 9. The molecular weight excluding hydrogens is 685 g/mol. The fourth-order valence-electron chi connectivity index (χ4n) is 8.71. The molecule has 5 heteroatoms. The van der Waals surface area contributed by atoms with Crippen molar-refractivity contribution in [3.63, 3.8) is 0 Å². The van der Waals surface area contributed by atoms with Crippen LogP contribution < -0.4 is 0 Å². The van der Waals surface area contributed by atoms with E-state index in [2.05, 4.69) is 120 Å². The summed E-state index contributed by atoms with van der Waals surface area (Å²) in [7, 11) is 0. The van der Waals surface area contributed by atoms with Crippen molar-refractivity contribution >= 4 is 76.1 Å². The van der Waals surface area contributed by atoms with E-state index in [0.717, 1.165) is 55.3 Å². The average molecular weight is 715 g/mol. The Balaban J connectivity index is 1.14. The molecule has 0 aliphatic carbocycles. The van der Waals surface area contributed by atoms with Gasteiger partial charge in [-0.3, -0.25) is 0 Å². The third-order valence-electron chi connectivity index (χ3n) is 11.2. The molecule has 12 aromatic rings. The van der Waals surface area contributed by atoms with Gasteiger partial charge < -0.3 is 8.98 Å². The Labute approximate surface area is 320 Å². The second-order valence-corrected chi connectivity index (χ2v) is 14.3. The van der Waals surface area contributed by atoms with Gasteiger partial charge in [0.1, 0.15) is 5.58 Å². The molecule has 3 aromatic heterocycles. The van der Waals surface area contributed by atoms with E-state index in [1.807, 2.05) is 66.7 Å². The van der Waals surface area contributed by atoms with Crippen molar-refractivity contribution < 1.29 is 4.42 Å². The molecule has 0 spiro atoms. The Morgan fingerprint density at radius 2 is 0.804 bits per heavy atom. The van der Waals surface area contributed by atoms with Crippen LogP contribution in [0.4, 0.5) is 0 Å². The third-order valence-corrected chi connectivity index (χ3v) is 11.2. The molecule has 0 N–H and O–H groups in total. The third kappa shape index (κ3) is 4.52. The van der Waals surface area contributed by atoms with E-state index in [0.29, 0.717) is 17.5 Å². The molecular formula is C51H30N4O. The second-order valence-electron chi connectivity index (χ2n) is 14.3. The number of rotatable bonds is 4. The van der Waals surface area contributed by atoms with Gasteiger partial charge in [0.2, 0.25) is 0 Å². The van der Waals surface area contributed by atoms with E-state index < -0.39 is 0 Å². The van der Waals surface area contributed by atoms with Crippen molar-refractivity contribution in [1.29, 1.82) is 0 Å². The lowest BCUT2D eigenvalue weighted by Gasteiger charge is -2.12. The molecule has 3 heterocycles. The molecule has 260 valence electrons. The molecule has 0 saturated carbocycles. The smallest absolute Gasteiger partial charge is 0.167 e. The summed E-state index contributed by atoms with van der Waals surface area (Å²) in [6, 6.07) is 63.8. The Morgan fingerprint density at radius 3 is 1.45 bits per heavy atom. The van der Waals surface area contributed by atoms with Gasteiger partial charge in [-0.15, -0.1) is 0 Å². The standard InChI is InChI=1S/C51H30N4O/c1-3-15-31(16-4-1)49-52-50(32-17-5-2-6-18-32)54-51(53-49)40-26-13-24-38-39-25-14-28-45(48(39)56-47(38)40)55-44-27-12-11-23-37(44)43-29-41-35-21-9-7-19-33(35)34-20-8-10-22-36(34)42(41)30-46(43)55/h1-30H. The lowest BCUT2D eigenvalue weighted by atomic mass is 9.93. The summed E-state index contributed by atoms with van der Waals surface area (Å²) in [6.07, 6.45) is 0. The molecule has 9 aromatic carbocycles. The molecule has 12 rings (SSSR count). The first-order valence-corrected chi connectivity index (χ1v) is 18.9. The van der Waals surface area contributed by atoms with E-state index in [9.17, 15) is 0 Å². The average Bonchev–Trinajstić information content (AvgIpc) is 3.82. The molecule has 0 bridgehead atoms. The molecule has 0 fully saturated rings. The molecule has 0 amide bonds. The first-order valence-electron chi connectivity index (χ1n) is 18.9. The maximum Gasteiger partial charge on any atom is 0.167 e. The number of aromatic nitrogens is 4. The second kappa shape index (κ2) is 11.9. The summed E-state index contributed by atoms with van der Waals surface area (Å²) < 4.78 is 9.45. The van der Waals surface area contributed by atoms with Gasteiger partial charge in [-0.1, -0.05) is 152 Å². The first kappa shape index (κ1) is 30.8. The zero-order chi connectivity index (χ0) is 36.7. The molecule has 0 atom stereocenters. The number of nitrogens with zero attached hydrogens (tertiary/aromatic N) is 4. The Kier molecular flexibility index (Phi) is 6.56. The quantitative estimate of drug-likeness (QED) is 0.170. The zero-order valence-corrected chi connectivity index (χ0v) is 30.0. The van der Waals surface area contributed by atoms with Crippen LogP contribution in [-0.2, 0) is 0 Å². The fourth-order valence-corrected chi connectivity index (χ4v) is 8.71. The monoisotopic (exact) mass is 714 g/mol. The Morgan fingerprint density at radius 1 is 0.321 bits per heavy atom. The van der Waals surface area contributed by atoms with E-state index in [1.54, 1.807) is 0 Å². The van der Waals surface area contributed by atoms with Gasteiger partial charge in [-0.25, -0.2) is 15.0 Å². The van der Waals surface area contributed by atoms with Crippen LogP contribution >= 0.6 is 0 Å². The summed E-state index contributed by atoms with van der Waals surface area (Å²) in [5.74, 6) is 1.79. The minimum Gasteiger partial charge on any atom is -0.453 e. The van der Waals surface area contributed by atoms with Crippen molar-refractivity contribution in [2.24, 2.45) is 0 Å². The predicted octanol–water partition coefficient (Wildman–Crippen LogP) is 13.3. The summed E-state index contributed by atoms with van der Waals surface area (Å²) in [6.45, 7) is 0. The normalized spacial score (nSPS) is 11.9. The van der Waals surface area contributed by atoms with E-state index in [4.69, 9.17) is 19.4 Å². The van der Waals surface area contributed by atoms with Crippen molar-refractivity contribution in [3.05, 3.63) is 182 Å². The number of hydrogen-bond acceptors (Lipinski definition) is 4. The number of hydrogen-bond donors (Lipinski definition) is 0. The van der Waals surface area contributed by atoms with Crippen LogP contribution in [0.15, 0.2) is 186 Å². The van der Waals surface area contributed by atoms with Gasteiger partial charge in [-0.2, -0.15) is 0 Å². The lowest BCUT2D eigenvalue weighted by molar-refractivity contribution is 0.667. The van der Waals surface area contributed by atoms with Crippen LogP contribution in [0.25, 0.3) is 116 Å². The van der Waals surface area contributed by atoms with Crippen LogP contribution in [0.3, 0.4) is 0 Å². The van der Waals surface area contributed by atoms with Gasteiger partial charge in [0.05, 0.1) is 22.3 Å². The summed E-state index contributed by atoms with van der Waals surface area (Å²) in [4.78, 5) is 15.1. The highest BCUT2D eigenvalue weighted by molar-refractivity contribution is 6.29. The topological polar surface area (TPSA) is 56.7 Å². The van der Waals surface area contributed by atoms with Gasteiger partial charge in [0.15, 0.2) is 23.1 Å². The van der Waals surface area contributed by atoms with Gasteiger partial charge in [0, 0.05) is 32.7 Å². The molecule has 0 saturated heterocycles. The molecule has 5 nitrogen and oxygen atoms in total. The van der Waals surface area contributed by atoms with Gasteiger partial charge in [0.25, 0.3) is 0 Å². The largest absolute Gasteiger partial charge is 0.453 e. The predicted molar refractivity (Wildman–Crippen MR) is 230 cm³/mol. The number of furan rings is 1. The maximum atomic E-state index is 7.08. The zero-order valence-electron chi connectivity index (χ0n) is 30.0. The van der Waals surface area contributed by atoms with Crippen LogP contribution in [0.1, 0.15) is 0 Å². The maximum absolute atomic E-state index is 7.08. The molecule has 0 unspecified atom stereocenters. The minimum absolute atomic E-state index is 0.561. The first-order chi connectivity index (χ1) is 27.8. The van der Waals surface area contributed by atoms with Crippen molar-refractivity contribution in [1.82, 2.24) is 19.5 Å². The van der Waals surface area contributed by atoms with E-state index in [1.165, 1.54) is 43.1 Å². The summed E-state index contributed by atoms with van der Waals surface area (Å²) in [5.41, 5.74) is 7.43. The van der Waals surface area contributed by atoms with Crippen molar-refractivity contribution in [2.45, 2.75) is 0 Å². The highest BCUT2D eigenvalue weighted by Gasteiger charge is 2.22. The SMILES string of the molecule is c1ccc(-c2nc(-c3ccccc3)nc(-c3cccc4c3oc3c(-n5c6ccccc6c6cc7c8ccccc8c8ccccc8c7cc65)cccc34)n2)cc1. The van der Waals surface area contributed by atoms with E-state index in [-0.39, 0.29) is 0 Å². The van der Waals surface area contributed by atoms with Gasteiger partial charge >= 0.3 is 0 Å². The fraction of sp³-hybridized carbons (Fsp3) is 0. The van der Waals surface area contributed by atoms with Gasteiger partial charge in [-0.05, 0) is 62.6 Å². The van der Waals surface area contributed by atoms with Crippen molar-refractivity contribution in [3.8, 4) is 39.9 Å². The highest BCUT2D eigenvalue weighted by Crippen LogP contribution is 2.43. The van der Waals surface area contributed by atoms with Crippen molar-refractivity contribution in [2.75, 3.05) is 0 Å². The molecule has 56 heavy (non-hydrogen) atoms. The Hall–Kier alpha value is -7.63.